The van der Waals surface area contributed by atoms with Gasteiger partial charge in [-0.25, -0.2) is 0 Å². The number of hydrogen-bond acceptors (Lipinski definition) is 4. The molecule has 0 aromatic heterocycles. The largest absolute Gasteiger partial charge is 1.00 e. The van der Waals surface area contributed by atoms with Gasteiger partial charge in [0.2, 0.25) is 0 Å². The molecule has 2 N–H and O–H groups in total. The summed E-state index contributed by atoms with van der Waals surface area (Å²) in [6, 6.07) is 1.58. The lowest BCUT2D eigenvalue weighted by atomic mass is 9.90. The van der Waals surface area contributed by atoms with Gasteiger partial charge in [-0.05, 0) is 26.2 Å². The smallest absolute Gasteiger partial charge is 0.346 e. The Bertz CT molecular complexity index is 526. The van der Waals surface area contributed by atoms with Gasteiger partial charge in [0.15, 0.2) is 0 Å². The molecule has 3 aliphatic heterocycles. The third kappa shape index (κ3) is 5.10. The van der Waals surface area contributed by atoms with Crippen molar-refractivity contribution in [2.24, 2.45) is 5.92 Å². The first-order valence-corrected chi connectivity index (χ1v) is 10.9. The minimum atomic E-state index is -0.0695. The SMILES string of the molecule is CCCCCCCCC[C@@H]1C[C@@H]2CC[C@@H]3[C@H](C(=O)OC)[C@H](C)NC(=[N+]23)N1.[Cl-]. The fraction of sp³-hybridized carbons (Fsp3) is 0.905. The minimum absolute atomic E-state index is 0. The van der Waals surface area contributed by atoms with E-state index in [4.69, 9.17) is 4.74 Å². The minimum Gasteiger partial charge on any atom is -1.00 e. The van der Waals surface area contributed by atoms with E-state index in [0.29, 0.717) is 18.1 Å². The summed E-state index contributed by atoms with van der Waals surface area (Å²) in [5, 5.41) is 7.32. The van der Waals surface area contributed by atoms with Crippen LogP contribution < -0.4 is 23.0 Å². The van der Waals surface area contributed by atoms with E-state index in [0.717, 1.165) is 6.42 Å². The third-order valence-corrected chi connectivity index (χ3v) is 6.65. The molecule has 1 fully saturated rings. The summed E-state index contributed by atoms with van der Waals surface area (Å²) in [6.45, 7) is 4.39. The summed E-state index contributed by atoms with van der Waals surface area (Å²) in [7, 11) is 1.51. The maximum absolute atomic E-state index is 12.3. The fourth-order valence-corrected chi connectivity index (χ4v) is 5.29. The van der Waals surface area contributed by atoms with Crippen molar-refractivity contribution < 1.29 is 26.5 Å². The number of nitrogens with zero attached hydrogens (tertiary/aromatic N) is 1. The zero-order valence-electron chi connectivity index (χ0n) is 17.3. The lowest BCUT2D eigenvalue weighted by Crippen LogP contribution is -3.00. The number of guanidine groups is 1. The molecule has 156 valence electrons. The monoisotopic (exact) mass is 399 g/mol. The quantitative estimate of drug-likeness (QED) is 0.330. The van der Waals surface area contributed by atoms with Gasteiger partial charge in [-0.15, -0.1) is 0 Å². The van der Waals surface area contributed by atoms with Gasteiger partial charge in [0.1, 0.15) is 5.92 Å². The second-order valence-corrected chi connectivity index (χ2v) is 8.52. The van der Waals surface area contributed by atoms with E-state index in [1.165, 1.54) is 77.3 Å². The molecule has 0 aromatic rings. The van der Waals surface area contributed by atoms with Gasteiger partial charge in [-0.2, -0.15) is 0 Å². The Kier molecular flexibility index (Phi) is 8.71. The van der Waals surface area contributed by atoms with Crippen LogP contribution in [-0.2, 0) is 9.53 Å². The topological polar surface area (TPSA) is 53.4 Å². The highest BCUT2D eigenvalue weighted by Crippen LogP contribution is 2.34. The summed E-state index contributed by atoms with van der Waals surface area (Å²) >= 11 is 0. The number of ether oxygens (including phenoxy) is 1. The van der Waals surface area contributed by atoms with Crippen LogP contribution in [0.15, 0.2) is 0 Å². The van der Waals surface area contributed by atoms with Gasteiger partial charge >= 0.3 is 11.9 Å². The zero-order chi connectivity index (χ0) is 18.5. The molecule has 3 heterocycles. The molecule has 27 heavy (non-hydrogen) atoms. The molecule has 0 aromatic carbocycles. The van der Waals surface area contributed by atoms with Crippen LogP contribution in [0.25, 0.3) is 0 Å². The van der Waals surface area contributed by atoms with Crippen molar-refractivity contribution in [1.29, 1.82) is 0 Å². The van der Waals surface area contributed by atoms with Crippen molar-refractivity contribution in [2.75, 3.05) is 7.11 Å². The van der Waals surface area contributed by atoms with Crippen LogP contribution in [-0.4, -0.2) is 47.8 Å². The van der Waals surface area contributed by atoms with Crippen LogP contribution in [0.5, 0.6) is 0 Å². The van der Waals surface area contributed by atoms with Gasteiger partial charge in [-0.1, -0.05) is 51.9 Å². The summed E-state index contributed by atoms with van der Waals surface area (Å²) in [5.74, 6) is 1.04. The first-order chi connectivity index (χ1) is 12.7. The van der Waals surface area contributed by atoms with Crippen LogP contribution in [0.1, 0.15) is 84.5 Å². The number of carbonyl (C=O) groups excluding carboxylic acids is 1. The molecule has 6 heteroatoms. The van der Waals surface area contributed by atoms with Crippen molar-refractivity contribution >= 4 is 11.9 Å². The number of hydrogen-bond donors (Lipinski definition) is 2. The predicted molar refractivity (Wildman–Crippen MR) is 104 cm³/mol. The second kappa shape index (κ2) is 10.5. The summed E-state index contributed by atoms with van der Waals surface area (Å²) < 4.78 is 7.54. The van der Waals surface area contributed by atoms with Gasteiger partial charge in [-0.3, -0.25) is 20.0 Å². The molecule has 5 nitrogen and oxygen atoms in total. The Morgan fingerprint density at radius 3 is 2.52 bits per heavy atom. The number of nitrogens with one attached hydrogen (secondary N) is 2. The van der Waals surface area contributed by atoms with E-state index in [9.17, 15) is 4.79 Å². The normalized spacial score (nSPS) is 31.4. The highest BCUT2D eigenvalue weighted by atomic mass is 35.5. The average molecular weight is 400 g/mol. The third-order valence-electron chi connectivity index (χ3n) is 6.65. The van der Waals surface area contributed by atoms with Crippen molar-refractivity contribution in [1.82, 2.24) is 10.6 Å². The van der Waals surface area contributed by atoms with Gasteiger partial charge < -0.3 is 17.1 Å². The summed E-state index contributed by atoms with van der Waals surface area (Å²) in [5.41, 5.74) is 0. The Labute approximate surface area is 171 Å². The lowest BCUT2D eigenvalue weighted by Gasteiger charge is -2.38. The lowest BCUT2D eigenvalue weighted by molar-refractivity contribution is -0.598. The van der Waals surface area contributed by atoms with Gasteiger partial charge in [0.05, 0.1) is 31.3 Å². The van der Waals surface area contributed by atoms with Crippen LogP contribution in [0.4, 0.5) is 0 Å². The molecule has 0 unspecified atom stereocenters. The molecule has 0 saturated carbocycles. The molecule has 0 aliphatic carbocycles. The first kappa shape index (κ1) is 22.3. The number of halogens is 1. The molecule has 1 saturated heterocycles. The standard InChI is InChI=1S/C21H37N3O2.ClH/c1-4-5-6-7-8-9-10-11-16-14-17-12-13-18-19(20(25)26-3)15(2)22-21(23-16)24(17)18;/h15-19H,4-14H2,1-3H3,(H,22,23);1H/t15-,16+,17-,18+,19+;/m0./s1. The van der Waals surface area contributed by atoms with Crippen molar-refractivity contribution in [2.45, 2.75) is 109 Å². The number of carbonyl (C=O) groups is 1. The molecule has 0 spiro atoms. The van der Waals surface area contributed by atoms with Crippen LogP contribution in [0.3, 0.4) is 0 Å². The van der Waals surface area contributed by atoms with Crippen molar-refractivity contribution in [3.63, 3.8) is 0 Å². The Morgan fingerprint density at radius 2 is 1.81 bits per heavy atom. The Morgan fingerprint density at radius 1 is 1.11 bits per heavy atom. The maximum atomic E-state index is 12.3. The predicted octanol–water partition coefficient (Wildman–Crippen LogP) is 0.173. The van der Waals surface area contributed by atoms with E-state index in [2.05, 4.69) is 29.1 Å². The van der Waals surface area contributed by atoms with Gasteiger partial charge in [0, 0.05) is 6.42 Å². The van der Waals surface area contributed by atoms with Gasteiger partial charge in [0.25, 0.3) is 0 Å². The summed E-state index contributed by atoms with van der Waals surface area (Å²) in [6.07, 6.45) is 14.4. The number of unbranched alkanes of at least 4 members (excludes halogenated alkanes) is 6. The number of esters is 1. The van der Waals surface area contributed by atoms with E-state index in [-0.39, 0.29) is 30.3 Å². The molecular weight excluding hydrogens is 362 g/mol. The van der Waals surface area contributed by atoms with Crippen LogP contribution in [0, 0.1) is 5.92 Å². The fourth-order valence-electron chi connectivity index (χ4n) is 5.29. The molecule has 0 radical (unpaired) electrons. The molecule has 5 atom stereocenters. The van der Waals surface area contributed by atoms with Crippen molar-refractivity contribution in [3.8, 4) is 0 Å². The number of rotatable bonds is 9. The molecule has 3 aliphatic rings. The molecule has 0 amide bonds. The maximum Gasteiger partial charge on any atom is 0.346 e. The Balaban J connectivity index is 0.00000261. The second-order valence-electron chi connectivity index (χ2n) is 8.52. The average Bonchev–Trinajstić information content (AvgIpc) is 3.05. The van der Waals surface area contributed by atoms with E-state index in [1.54, 1.807) is 0 Å². The van der Waals surface area contributed by atoms with E-state index >= 15 is 0 Å². The zero-order valence-corrected chi connectivity index (χ0v) is 18.1. The summed E-state index contributed by atoms with van der Waals surface area (Å²) in [4.78, 5) is 12.3. The van der Waals surface area contributed by atoms with Crippen molar-refractivity contribution in [3.05, 3.63) is 0 Å². The molecule has 3 rings (SSSR count). The highest BCUT2D eigenvalue weighted by molar-refractivity contribution is 5.80. The van der Waals surface area contributed by atoms with Crippen LogP contribution >= 0.6 is 0 Å². The first-order valence-electron chi connectivity index (χ1n) is 10.9. The molecule has 0 bridgehead atoms. The molecular formula is C21H38ClN3O2. The van der Waals surface area contributed by atoms with E-state index < -0.39 is 0 Å². The van der Waals surface area contributed by atoms with E-state index in [1.807, 2.05) is 0 Å². The van der Waals surface area contributed by atoms with Crippen LogP contribution in [0.2, 0.25) is 0 Å². The Hall–Kier alpha value is -0.970. The number of methoxy groups -OCH3 is 1. The highest BCUT2D eigenvalue weighted by Gasteiger charge is 2.52.